The summed E-state index contributed by atoms with van der Waals surface area (Å²) in [5, 5.41) is 14.1. The lowest BCUT2D eigenvalue weighted by Crippen LogP contribution is -2.22. The van der Waals surface area contributed by atoms with Gasteiger partial charge in [0.25, 0.3) is 0 Å². The molecule has 154 valence electrons. The molecule has 2 amide bonds. The summed E-state index contributed by atoms with van der Waals surface area (Å²) in [6.45, 7) is 1.78. The number of anilines is 2. The van der Waals surface area contributed by atoms with Crippen LogP contribution in [-0.4, -0.2) is 35.2 Å². The van der Waals surface area contributed by atoms with Gasteiger partial charge in [-0.05, 0) is 49.4 Å². The Morgan fingerprint density at radius 2 is 1.79 bits per heavy atom. The van der Waals surface area contributed by atoms with E-state index < -0.39 is 11.2 Å². The second-order valence-electron chi connectivity index (χ2n) is 6.06. The maximum absolute atomic E-state index is 12.5. The highest BCUT2D eigenvalue weighted by Crippen LogP contribution is 2.30. The molecule has 29 heavy (non-hydrogen) atoms. The first-order valence-corrected chi connectivity index (χ1v) is 9.97. The lowest BCUT2D eigenvalue weighted by atomic mass is 10.2. The SMILES string of the molecule is COc1ccc(Cl)cc1NC(=O)C(C)Sc1ccc(NC(=O)CCC(=O)O)cc1. The number of amides is 2. The van der Waals surface area contributed by atoms with Gasteiger partial charge in [-0.25, -0.2) is 0 Å². The van der Waals surface area contributed by atoms with E-state index in [2.05, 4.69) is 10.6 Å². The molecule has 0 heterocycles. The van der Waals surface area contributed by atoms with Gasteiger partial charge in [0.1, 0.15) is 5.75 Å². The first-order chi connectivity index (χ1) is 13.8. The minimum atomic E-state index is -1.02. The number of carbonyl (C=O) groups is 3. The molecular formula is C20H21ClN2O5S. The number of carboxylic acids is 1. The van der Waals surface area contributed by atoms with Crippen LogP contribution in [0.25, 0.3) is 0 Å². The number of thioether (sulfide) groups is 1. The Balaban J connectivity index is 1.92. The summed E-state index contributed by atoms with van der Waals surface area (Å²) in [4.78, 5) is 35.5. The fraction of sp³-hybridized carbons (Fsp3) is 0.250. The molecule has 2 aromatic rings. The predicted octanol–water partition coefficient (Wildman–Crippen LogP) is 4.27. The number of benzene rings is 2. The van der Waals surface area contributed by atoms with Crippen LogP contribution in [0.15, 0.2) is 47.4 Å². The van der Waals surface area contributed by atoms with E-state index in [4.69, 9.17) is 21.4 Å². The molecule has 0 fully saturated rings. The average molecular weight is 437 g/mol. The lowest BCUT2D eigenvalue weighted by Gasteiger charge is -2.15. The second kappa shape index (κ2) is 10.7. The van der Waals surface area contributed by atoms with Crippen LogP contribution in [0.1, 0.15) is 19.8 Å². The van der Waals surface area contributed by atoms with Gasteiger partial charge < -0.3 is 20.5 Å². The summed E-state index contributed by atoms with van der Waals surface area (Å²) in [6, 6.07) is 11.9. The van der Waals surface area contributed by atoms with Gasteiger partial charge in [-0.1, -0.05) is 11.6 Å². The van der Waals surface area contributed by atoms with Gasteiger partial charge in [-0.2, -0.15) is 0 Å². The number of nitrogens with one attached hydrogen (secondary N) is 2. The van der Waals surface area contributed by atoms with E-state index in [1.807, 2.05) is 0 Å². The fourth-order valence-corrected chi connectivity index (χ4v) is 3.37. The van der Waals surface area contributed by atoms with Crippen LogP contribution in [-0.2, 0) is 14.4 Å². The van der Waals surface area contributed by atoms with E-state index in [1.165, 1.54) is 18.9 Å². The molecule has 1 unspecified atom stereocenters. The Bertz CT molecular complexity index is 889. The predicted molar refractivity (Wildman–Crippen MR) is 114 cm³/mol. The van der Waals surface area contributed by atoms with Gasteiger partial charge in [0.2, 0.25) is 11.8 Å². The molecule has 0 saturated heterocycles. The van der Waals surface area contributed by atoms with Crippen LogP contribution < -0.4 is 15.4 Å². The highest BCUT2D eigenvalue weighted by atomic mass is 35.5. The second-order valence-corrected chi connectivity index (χ2v) is 7.91. The molecule has 2 aromatic carbocycles. The Kier molecular flexibility index (Phi) is 8.35. The summed E-state index contributed by atoms with van der Waals surface area (Å²) in [7, 11) is 1.51. The van der Waals surface area contributed by atoms with Crippen LogP contribution >= 0.6 is 23.4 Å². The average Bonchev–Trinajstić information content (AvgIpc) is 2.68. The third-order valence-corrected chi connectivity index (χ3v) is 5.15. The Hall–Kier alpha value is -2.71. The van der Waals surface area contributed by atoms with Crippen LogP contribution in [0.3, 0.4) is 0 Å². The summed E-state index contributed by atoms with van der Waals surface area (Å²) >= 11 is 7.34. The first-order valence-electron chi connectivity index (χ1n) is 8.71. The van der Waals surface area contributed by atoms with Gasteiger partial charge in [-0.15, -0.1) is 11.8 Å². The zero-order valence-electron chi connectivity index (χ0n) is 15.9. The van der Waals surface area contributed by atoms with Crippen molar-refractivity contribution in [2.75, 3.05) is 17.7 Å². The number of aliphatic carboxylic acids is 1. The zero-order chi connectivity index (χ0) is 21.4. The Morgan fingerprint density at radius 3 is 2.41 bits per heavy atom. The molecule has 0 aromatic heterocycles. The molecule has 0 aliphatic carbocycles. The van der Waals surface area contributed by atoms with Gasteiger partial charge in [0, 0.05) is 22.0 Å². The van der Waals surface area contributed by atoms with E-state index in [0.29, 0.717) is 22.1 Å². The summed E-state index contributed by atoms with van der Waals surface area (Å²) in [5.74, 6) is -1.07. The van der Waals surface area contributed by atoms with E-state index in [9.17, 15) is 14.4 Å². The van der Waals surface area contributed by atoms with Crippen molar-refractivity contribution in [2.45, 2.75) is 29.9 Å². The number of ether oxygens (including phenoxy) is 1. The normalized spacial score (nSPS) is 11.4. The van der Waals surface area contributed by atoms with Gasteiger partial charge >= 0.3 is 5.97 Å². The topological polar surface area (TPSA) is 105 Å². The van der Waals surface area contributed by atoms with Crippen molar-refractivity contribution in [1.82, 2.24) is 0 Å². The maximum Gasteiger partial charge on any atom is 0.303 e. The quantitative estimate of drug-likeness (QED) is 0.507. The fourth-order valence-electron chi connectivity index (χ4n) is 2.33. The number of halogens is 1. The number of hydrogen-bond donors (Lipinski definition) is 3. The van der Waals surface area contributed by atoms with Crippen molar-refractivity contribution in [2.24, 2.45) is 0 Å². The monoisotopic (exact) mass is 436 g/mol. The molecule has 3 N–H and O–H groups in total. The highest BCUT2D eigenvalue weighted by Gasteiger charge is 2.17. The van der Waals surface area contributed by atoms with Crippen LogP contribution in [0.2, 0.25) is 5.02 Å². The molecule has 0 saturated carbocycles. The largest absolute Gasteiger partial charge is 0.495 e. The van der Waals surface area contributed by atoms with Crippen LogP contribution in [0.5, 0.6) is 5.75 Å². The van der Waals surface area contributed by atoms with Crippen LogP contribution in [0, 0.1) is 0 Å². The molecule has 1 atom stereocenters. The molecule has 0 bridgehead atoms. The minimum absolute atomic E-state index is 0.0873. The lowest BCUT2D eigenvalue weighted by molar-refractivity contribution is -0.138. The molecule has 7 nitrogen and oxygen atoms in total. The zero-order valence-corrected chi connectivity index (χ0v) is 17.5. The smallest absolute Gasteiger partial charge is 0.303 e. The number of rotatable bonds is 9. The van der Waals surface area contributed by atoms with E-state index in [-0.39, 0.29) is 24.7 Å². The van der Waals surface area contributed by atoms with E-state index >= 15 is 0 Å². The van der Waals surface area contributed by atoms with Crippen molar-refractivity contribution >= 4 is 52.5 Å². The van der Waals surface area contributed by atoms with Gasteiger partial charge in [-0.3, -0.25) is 14.4 Å². The van der Waals surface area contributed by atoms with Crippen molar-refractivity contribution < 1.29 is 24.2 Å². The minimum Gasteiger partial charge on any atom is -0.495 e. The Morgan fingerprint density at radius 1 is 1.10 bits per heavy atom. The number of carbonyl (C=O) groups excluding carboxylic acids is 2. The number of carboxylic acid groups (broad SMARTS) is 1. The summed E-state index contributed by atoms with van der Waals surface area (Å²) < 4.78 is 5.23. The molecule has 0 spiro atoms. The van der Waals surface area contributed by atoms with Crippen molar-refractivity contribution in [3.63, 3.8) is 0 Å². The molecular weight excluding hydrogens is 416 g/mol. The highest BCUT2D eigenvalue weighted by molar-refractivity contribution is 8.00. The molecule has 0 aliphatic rings. The Labute approximate surface area is 177 Å². The summed E-state index contributed by atoms with van der Waals surface area (Å²) in [6.07, 6.45) is -0.306. The first kappa shape index (κ1) is 22.6. The van der Waals surface area contributed by atoms with Crippen LogP contribution in [0.4, 0.5) is 11.4 Å². The number of methoxy groups -OCH3 is 1. The third-order valence-electron chi connectivity index (χ3n) is 3.81. The van der Waals surface area contributed by atoms with E-state index in [1.54, 1.807) is 49.4 Å². The molecule has 0 aliphatic heterocycles. The molecule has 9 heteroatoms. The van der Waals surface area contributed by atoms with Crippen molar-refractivity contribution in [1.29, 1.82) is 0 Å². The summed E-state index contributed by atoms with van der Waals surface area (Å²) in [5.41, 5.74) is 1.06. The van der Waals surface area contributed by atoms with Crippen molar-refractivity contribution in [3.05, 3.63) is 47.5 Å². The molecule has 2 rings (SSSR count). The third kappa shape index (κ3) is 7.32. The maximum atomic E-state index is 12.5. The molecule has 0 radical (unpaired) electrons. The number of hydrogen-bond acceptors (Lipinski definition) is 5. The van der Waals surface area contributed by atoms with Gasteiger partial charge in [0.05, 0.1) is 24.5 Å². The van der Waals surface area contributed by atoms with E-state index in [0.717, 1.165) is 4.90 Å². The van der Waals surface area contributed by atoms with Gasteiger partial charge in [0.15, 0.2) is 0 Å². The van der Waals surface area contributed by atoms with Crippen molar-refractivity contribution in [3.8, 4) is 5.75 Å². The standard InChI is InChI=1S/C20H21ClN2O5S/c1-12(20(27)23-16-11-13(21)3-8-17(16)28-2)29-15-6-4-14(5-7-15)22-18(24)9-10-19(25)26/h3-8,11-12H,9-10H2,1-2H3,(H,22,24)(H,23,27)(H,25,26).